The van der Waals surface area contributed by atoms with Crippen LogP contribution in [0.3, 0.4) is 0 Å². The number of alkyl halides is 3. The minimum absolute atomic E-state index is 0.0431. The smallest absolute Gasteiger partial charge is 0.371 e. The zero-order chi connectivity index (χ0) is 13.4. The monoisotopic (exact) mass is 265 g/mol. The van der Waals surface area contributed by atoms with Crippen LogP contribution in [0.25, 0.3) is 0 Å². The molecule has 1 aromatic heterocycles. The van der Waals surface area contributed by atoms with E-state index in [0.717, 1.165) is 18.7 Å². The maximum atomic E-state index is 11.8. The Bertz CT molecular complexity index is 339. The third kappa shape index (κ3) is 6.02. The molecule has 1 N–H and O–H groups in total. The number of nitrogens with zero attached hydrogens (tertiary/aromatic N) is 2. The lowest BCUT2D eigenvalue weighted by Gasteiger charge is -2.09. The summed E-state index contributed by atoms with van der Waals surface area (Å²) in [5.74, 6) is 0. The highest BCUT2D eigenvalue weighted by Gasteiger charge is 2.27. The normalized spacial score (nSPS) is 12.0. The summed E-state index contributed by atoms with van der Waals surface area (Å²) in [4.78, 5) is 0. The quantitative estimate of drug-likeness (QED) is 0.730. The SMILES string of the molecule is CCCn1nccc1CNCCOCC(F)(F)F. The van der Waals surface area contributed by atoms with Crippen LogP contribution in [0.4, 0.5) is 13.2 Å². The summed E-state index contributed by atoms with van der Waals surface area (Å²) in [5, 5.41) is 7.17. The van der Waals surface area contributed by atoms with Crippen LogP contribution in [0.1, 0.15) is 19.0 Å². The third-order valence-corrected chi connectivity index (χ3v) is 2.23. The summed E-state index contributed by atoms with van der Waals surface area (Å²) in [6.45, 7) is 2.71. The van der Waals surface area contributed by atoms with Gasteiger partial charge in [-0.2, -0.15) is 18.3 Å². The zero-order valence-electron chi connectivity index (χ0n) is 10.3. The third-order valence-electron chi connectivity index (χ3n) is 2.23. The number of nitrogens with one attached hydrogen (secondary N) is 1. The molecule has 18 heavy (non-hydrogen) atoms. The van der Waals surface area contributed by atoms with Crippen LogP contribution in [-0.4, -0.2) is 35.7 Å². The van der Waals surface area contributed by atoms with E-state index >= 15 is 0 Å². The van der Waals surface area contributed by atoms with Crippen LogP contribution in [0.2, 0.25) is 0 Å². The number of halogens is 3. The topological polar surface area (TPSA) is 39.1 Å². The molecule has 0 aliphatic carbocycles. The van der Waals surface area contributed by atoms with Crippen molar-refractivity contribution in [3.8, 4) is 0 Å². The lowest BCUT2D eigenvalue weighted by molar-refractivity contribution is -0.173. The van der Waals surface area contributed by atoms with Gasteiger partial charge in [-0.05, 0) is 12.5 Å². The Kier molecular flexibility index (Phi) is 6.14. The molecule has 0 saturated heterocycles. The number of aromatic nitrogens is 2. The largest absolute Gasteiger partial charge is 0.411 e. The number of rotatable bonds is 8. The first kappa shape index (κ1) is 15.0. The molecule has 0 atom stereocenters. The Morgan fingerprint density at radius 3 is 2.89 bits per heavy atom. The molecule has 1 rings (SSSR count). The van der Waals surface area contributed by atoms with Crippen LogP contribution >= 0.6 is 0 Å². The van der Waals surface area contributed by atoms with Crippen molar-refractivity contribution in [1.29, 1.82) is 0 Å². The Labute approximate surface area is 104 Å². The first-order valence-corrected chi connectivity index (χ1v) is 5.89. The second-order valence-corrected chi connectivity index (χ2v) is 3.89. The lowest BCUT2D eigenvalue weighted by Crippen LogP contribution is -2.24. The van der Waals surface area contributed by atoms with Gasteiger partial charge in [-0.15, -0.1) is 0 Å². The molecule has 0 saturated carbocycles. The van der Waals surface area contributed by atoms with Gasteiger partial charge in [-0.3, -0.25) is 4.68 Å². The van der Waals surface area contributed by atoms with Crippen molar-refractivity contribution >= 4 is 0 Å². The number of ether oxygens (including phenoxy) is 1. The fraction of sp³-hybridized carbons (Fsp3) is 0.727. The van der Waals surface area contributed by atoms with Crippen LogP contribution in [0.5, 0.6) is 0 Å². The van der Waals surface area contributed by atoms with Crippen molar-refractivity contribution in [2.75, 3.05) is 19.8 Å². The summed E-state index contributed by atoms with van der Waals surface area (Å²) >= 11 is 0. The van der Waals surface area contributed by atoms with Crippen LogP contribution in [-0.2, 0) is 17.8 Å². The molecule has 0 fully saturated rings. The van der Waals surface area contributed by atoms with Gasteiger partial charge in [0.25, 0.3) is 0 Å². The van der Waals surface area contributed by atoms with Crippen LogP contribution < -0.4 is 5.32 Å². The van der Waals surface area contributed by atoms with Crippen LogP contribution in [0, 0.1) is 0 Å². The van der Waals surface area contributed by atoms with Gasteiger partial charge >= 0.3 is 6.18 Å². The molecule has 7 heteroatoms. The second-order valence-electron chi connectivity index (χ2n) is 3.89. The van der Waals surface area contributed by atoms with Gasteiger partial charge in [0.2, 0.25) is 0 Å². The molecule has 0 bridgehead atoms. The molecule has 0 aliphatic heterocycles. The van der Waals surface area contributed by atoms with Gasteiger partial charge in [0.15, 0.2) is 0 Å². The average Bonchev–Trinajstić information content (AvgIpc) is 2.70. The van der Waals surface area contributed by atoms with E-state index in [2.05, 4.69) is 22.1 Å². The summed E-state index contributed by atoms with van der Waals surface area (Å²) in [6.07, 6.45) is -1.55. The zero-order valence-corrected chi connectivity index (χ0v) is 10.3. The Morgan fingerprint density at radius 1 is 1.44 bits per heavy atom. The predicted octanol–water partition coefficient (Wildman–Crippen LogP) is 1.96. The van der Waals surface area contributed by atoms with Crippen molar-refractivity contribution in [3.05, 3.63) is 18.0 Å². The van der Waals surface area contributed by atoms with Gasteiger partial charge in [0.05, 0.1) is 12.3 Å². The second kappa shape index (κ2) is 7.38. The van der Waals surface area contributed by atoms with E-state index in [1.165, 1.54) is 0 Å². The lowest BCUT2D eigenvalue weighted by atomic mass is 10.4. The van der Waals surface area contributed by atoms with Crippen molar-refractivity contribution in [1.82, 2.24) is 15.1 Å². The molecule has 0 spiro atoms. The minimum atomic E-state index is -4.25. The molecule has 0 aromatic carbocycles. The number of hydrogen-bond donors (Lipinski definition) is 1. The molecule has 0 radical (unpaired) electrons. The number of hydrogen-bond acceptors (Lipinski definition) is 3. The van der Waals surface area contributed by atoms with E-state index in [0.29, 0.717) is 13.1 Å². The predicted molar refractivity (Wildman–Crippen MR) is 61.1 cm³/mol. The maximum absolute atomic E-state index is 11.8. The molecule has 4 nitrogen and oxygen atoms in total. The van der Waals surface area contributed by atoms with E-state index in [4.69, 9.17) is 0 Å². The van der Waals surface area contributed by atoms with E-state index in [-0.39, 0.29) is 6.61 Å². The van der Waals surface area contributed by atoms with Crippen LogP contribution in [0.15, 0.2) is 12.3 Å². The first-order valence-electron chi connectivity index (χ1n) is 5.89. The summed E-state index contributed by atoms with van der Waals surface area (Å²) < 4.78 is 41.7. The number of aryl methyl sites for hydroxylation is 1. The van der Waals surface area contributed by atoms with Crippen molar-refractivity contribution in [2.24, 2.45) is 0 Å². The van der Waals surface area contributed by atoms with Gasteiger partial charge in [-0.1, -0.05) is 6.92 Å². The molecule has 104 valence electrons. The van der Waals surface area contributed by atoms with E-state index in [9.17, 15) is 13.2 Å². The van der Waals surface area contributed by atoms with Crippen molar-refractivity contribution in [2.45, 2.75) is 32.6 Å². The fourth-order valence-corrected chi connectivity index (χ4v) is 1.47. The Balaban J connectivity index is 2.12. The highest BCUT2D eigenvalue weighted by Crippen LogP contribution is 2.13. The summed E-state index contributed by atoms with van der Waals surface area (Å²) in [7, 11) is 0. The van der Waals surface area contributed by atoms with E-state index in [1.54, 1.807) is 6.20 Å². The van der Waals surface area contributed by atoms with Crippen molar-refractivity contribution in [3.63, 3.8) is 0 Å². The Hall–Kier alpha value is -1.08. The fourth-order valence-electron chi connectivity index (χ4n) is 1.47. The molecule has 0 unspecified atom stereocenters. The molecule has 1 heterocycles. The molecular formula is C11H18F3N3O. The molecular weight excluding hydrogens is 247 g/mol. The maximum Gasteiger partial charge on any atom is 0.411 e. The van der Waals surface area contributed by atoms with E-state index in [1.807, 2.05) is 10.7 Å². The molecule has 0 amide bonds. The molecule has 1 aromatic rings. The van der Waals surface area contributed by atoms with Crippen molar-refractivity contribution < 1.29 is 17.9 Å². The van der Waals surface area contributed by atoms with Gasteiger partial charge < -0.3 is 10.1 Å². The summed E-state index contributed by atoms with van der Waals surface area (Å²) in [6, 6.07) is 1.89. The minimum Gasteiger partial charge on any atom is -0.371 e. The first-order chi connectivity index (χ1) is 8.53. The molecule has 0 aliphatic rings. The highest BCUT2D eigenvalue weighted by atomic mass is 19.4. The van der Waals surface area contributed by atoms with Gasteiger partial charge in [0.1, 0.15) is 6.61 Å². The average molecular weight is 265 g/mol. The summed E-state index contributed by atoms with van der Waals surface area (Å²) in [5.41, 5.74) is 1.02. The standard InChI is InChI=1S/C11H18F3N3O/c1-2-6-17-10(3-4-16-17)8-15-5-7-18-9-11(12,13)14/h3-4,15H,2,5-9H2,1H3. The van der Waals surface area contributed by atoms with Gasteiger partial charge in [-0.25, -0.2) is 0 Å². The van der Waals surface area contributed by atoms with E-state index < -0.39 is 12.8 Å². The highest BCUT2D eigenvalue weighted by molar-refractivity contribution is 4.99. The Morgan fingerprint density at radius 2 is 2.22 bits per heavy atom. The van der Waals surface area contributed by atoms with Gasteiger partial charge in [0, 0.05) is 25.8 Å².